The lowest BCUT2D eigenvalue weighted by atomic mass is 10.1. The van der Waals surface area contributed by atoms with Gasteiger partial charge in [0.1, 0.15) is 11.5 Å². The highest BCUT2D eigenvalue weighted by atomic mass is 35.5. The van der Waals surface area contributed by atoms with Gasteiger partial charge in [0.2, 0.25) is 0 Å². The number of hydrogen-bond acceptors (Lipinski definition) is 4. The molecule has 1 aliphatic heterocycles. The lowest BCUT2D eigenvalue weighted by Crippen LogP contribution is -2.21. The minimum absolute atomic E-state index is 0.259. The van der Waals surface area contributed by atoms with Gasteiger partial charge in [-0.05, 0) is 49.4 Å². The van der Waals surface area contributed by atoms with Crippen LogP contribution < -0.4 is 14.5 Å². The lowest BCUT2D eigenvalue weighted by Gasteiger charge is -2.12. The minimum atomic E-state index is -0.259. The van der Waals surface area contributed by atoms with Gasteiger partial charge in [0, 0.05) is 5.56 Å². The predicted molar refractivity (Wildman–Crippen MR) is 105 cm³/mol. The molecule has 0 atom stereocenters. The summed E-state index contributed by atoms with van der Waals surface area (Å²) in [6.07, 6.45) is 1.74. The third kappa shape index (κ3) is 3.41. The molecule has 0 unspecified atom stereocenters. The molecule has 0 spiro atoms. The summed E-state index contributed by atoms with van der Waals surface area (Å²) < 4.78 is 10.6. The summed E-state index contributed by atoms with van der Waals surface area (Å²) in [7, 11) is 3.15. The fourth-order valence-electron chi connectivity index (χ4n) is 2.58. The smallest absolute Gasteiger partial charge is 0.280 e. The summed E-state index contributed by atoms with van der Waals surface area (Å²) in [6, 6.07) is 10.3. The SMILES string of the molecule is COc1ccc(OC)c(/C=C2/C(=O)N(c3ccc(Cl)c(Cl)c3)N=C2C)c1. The lowest BCUT2D eigenvalue weighted by molar-refractivity contribution is -0.114. The number of benzene rings is 2. The van der Waals surface area contributed by atoms with E-state index in [1.54, 1.807) is 63.6 Å². The van der Waals surface area contributed by atoms with Gasteiger partial charge in [-0.25, -0.2) is 0 Å². The average molecular weight is 391 g/mol. The molecule has 5 nitrogen and oxygen atoms in total. The Labute approximate surface area is 161 Å². The summed E-state index contributed by atoms with van der Waals surface area (Å²) >= 11 is 12.0. The highest BCUT2D eigenvalue weighted by Gasteiger charge is 2.29. The van der Waals surface area contributed by atoms with Gasteiger partial charge in [-0.2, -0.15) is 10.1 Å². The maximum Gasteiger partial charge on any atom is 0.280 e. The first kappa shape index (κ1) is 18.3. The van der Waals surface area contributed by atoms with Crippen LogP contribution in [0.3, 0.4) is 0 Å². The number of carbonyl (C=O) groups excluding carboxylic acids is 1. The van der Waals surface area contributed by atoms with E-state index in [1.807, 2.05) is 0 Å². The van der Waals surface area contributed by atoms with E-state index in [9.17, 15) is 4.79 Å². The fourth-order valence-corrected chi connectivity index (χ4v) is 2.88. The molecule has 0 saturated heterocycles. The Kier molecular flexibility index (Phi) is 5.20. The van der Waals surface area contributed by atoms with Crippen molar-refractivity contribution in [1.29, 1.82) is 0 Å². The van der Waals surface area contributed by atoms with Gasteiger partial charge in [0.15, 0.2) is 0 Å². The predicted octanol–water partition coefficient (Wildman–Crippen LogP) is 4.82. The zero-order chi connectivity index (χ0) is 18.8. The van der Waals surface area contributed by atoms with Crippen LogP contribution in [-0.4, -0.2) is 25.8 Å². The highest BCUT2D eigenvalue weighted by Crippen LogP contribution is 2.32. The zero-order valence-corrected chi connectivity index (χ0v) is 15.9. The van der Waals surface area contributed by atoms with Crippen molar-refractivity contribution in [1.82, 2.24) is 0 Å². The van der Waals surface area contributed by atoms with Crippen LogP contribution in [0, 0.1) is 0 Å². The van der Waals surface area contributed by atoms with Crippen LogP contribution in [0.25, 0.3) is 6.08 Å². The Hall–Kier alpha value is -2.50. The number of hydrazone groups is 1. The summed E-state index contributed by atoms with van der Waals surface area (Å²) in [5.41, 5.74) is 2.32. The fraction of sp³-hybridized carbons (Fsp3) is 0.158. The van der Waals surface area contributed by atoms with Crippen LogP contribution in [-0.2, 0) is 4.79 Å². The van der Waals surface area contributed by atoms with Gasteiger partial charge < -0.3 is 9.47 Å². The molecule has 0 saturated carbocycles. The van der Waals surface area contributed by atoms with Gasteiger partial charge in [0.05, 0.1) is 41.2 Å². The first-order chi connectivity index (χ1) is 12.4. The molecule has 0 aliphatic carbocycles. The molecular weight excluding hydrogens is 375 g/mol. The molecule has 0 fully saturated rings. The van der Waals surface area contributed by atoms with Gasteiger partial charge in [-0.15, -0.1) is 0 Å². The monoisotopic (exact) mass is 390 g/mol. The molecule has 7 heteroatoms. The van der Waals surface area contributed by atoms with Crippen LogP contribution in [0.4, 0.5) is 5.69 Å². The highest BCUT2D eigenvalue weighted by molar-refractivity contribution is 6.42. The standard InChI is InChI=1S/C19H16Cl2N2O3/c1-11-15(9-12-8-14(25-2)5-7-18(12)26-3)19(24)23(22-11)13-4-6-16(20)17(21)10-13/h4-10H,1-3H3/b15-9+. The van der Waals surface area contributed by atoms with E-state index in [-0.39, 0.29) is 5.91 Å². The van der Waals surface area contributed by atoms with Gasteiger partial charge >= 0.3 is 0 Å². The third-order valence-electron chi connectivity index (χ3n) is 3.95. The van der Waals surface area contributed by atoms with Crippen LogP contribution in [0.5, 0.6) is 11.5 Å². The molecule has 1 heterocycles. The molecule has 1 aliphatic rings. The quantitative estimate of drug-likeness (QED) is 0.703. The summed E-state index contributed by atoms with van der Waals surface area (Å²) in [4.78, 5) is 12.9. The molecule has 1 amide bonds. The molecule has 3 rings (SSSR count). The second-order valence-electron chi connectivity index (χ2n) is 5.57. The normalized spacial score (nSPS) is 15.4. The van der Waals surface area contributed by atoms with Gasteiger partial charge in [-0.3, -0.25) is 4.79 Å². The van der Waals surface area contributed by atoms with Crippen molar-refractivity contribution in [3.05, 3.63) is 57.6 Å². The number of anilines is 1. The van der Waals surface area contributed by atoms with E-state index in [1.165, 1.54) is 5.01 Å². The topological polar surface area (TPSA) is 51.1 Å². The average Bonchev–Trinajstić information content (AvgIpc) is 2.92. The number of ether oxygens (including phenoxy) is 2. The first-order valence-electron chi connectivity index (χ1n) is 7.73. The number of carbonyl (C=O) groups is 1. The minimum Gasteiger partial charge on any atom is -0.497 e. The van der Waals surface area contributed by atoms with Crippen molar-refractivity contribution in [2.45, 2.75) is 6.92 Å². The number of amides is 1. The molecule has 0 N–H and O–H groups in total. The number of rotatable bonds is 4. The van der Waals surface area contributed by atoms with Crippen molar-refractivity contribution in [3.63, 3.8) is 0 Å². The Balaban J connectivity index is 2.00. The largest absolute Gasteiger partial charge is 0.497 e. The first-order valence-corrected chi connectivity index (χ1v) is 8.49. The number of methoxy groups -OCH3 is 2. The number of nitrogens with zero attached hydrogens (tertiary/aromatic N) is 2. The maximum absolute atomic E-state index is 12.9. The third-order valence-corrected chi connectivity index (χ3v) is 4.69. The molecule has 0 bridgehead atoms. The van der Waals surface area contributed by atoms with Crippen LogP contribution in [0.1, 0.15) is 12.5 Å². The molecular formula is C19H16Cl2N2O3. The number of halogens is 2. The molecule has 2 aromatic rings. The molecule has 134 valence electrons. The van der Waals surface area contributed by atoms with Crippen LogP contribution in [0.2, 0.25) is 10.0 Å². The summed E-state index contributed by atoms with van der Waals surface area (Å²) in [5.74, 6) is 1.04. The molecule has 26 heavy (non-hydrogen) atoms. The second-order valence-corrected chi connectivity index (χ2v) is 6.38. The zero-order valence-electron chi connectivity index (χ0n) is 14.4. The maximum atomic E-state index is 12.9. The van der Waals surface area contributed by atoms with Crippen molar-refractivity contribution in [2.75, 3.05) is 19.2 Å². The van der Waals surface area contributed by atoms with Gasteiger partial charge in [0.25, 0.3) is 5.91 Å². The Morgan fingerprint density at radius 1 is 1.04 bits per heavy atom. The number of hydrogen-bond donors (Lipinski definition) is 0. The van der Waals surface area contributed by atoms with Crippen LogP contribution >= 0.6 is 23.2 Å². The van der Waals surface area contributed by atoms with Crippen molar-refractivity contribution in [3.8, 4) is 11.5 Å². The van der Waals surface area contributed by atoms with Gasteiger partial charge in [-0.1, -0.05) is 23.2 Å². The Morgan fingerprint density at radius 3 is 2.46 bits per heavy atom. The van der Waals surface area contributed by atoms with Crippen LogP contribution in [0.15, 0.2) is 47.1 Å². The van der Waals surface area contributed by atoms with E-state index in [4.69, 9.17) is 32.7 Å². The van der Waals surface area contributed by atoms with E-state index in [0.717, 1.165) is 5.56 Å². The second kappa shape index (κ2) is 7.40. The van der Waals surface area contributed by atoms with E-state index in [0.29, 0.717) is 38.5 Å². The van der Waals surface area contributed by atoms with Crippen molar-refractivity contribution >= 4 is 46.6 Å². The molecule has 0 aromatic heterocycles. The Bertz CT molecular complexity index is 938. The molecule has 2 aromatic carbocycles. The van der Waals surface area contributed by atoms with Crippen molar-refractivity contribution in [2.24, 2.45) is 5.10 Å². The van der Waals surface area contributed by atoms with Crippen molar-refractivity contribution < 1.29 is 14.3 Å². The van der Waals surface area contributed by atoms with E-state index < -0.39 is 0 Å². The summed E-state index contributed by atoms with van der Waals surface area (Å²) in [5, 5.41) is 6.42. The van der Waals surface area contributed by atoms with E-state index in [2.05, 4.69) is 5.10 Å². The Morgan fingerprint density at radius 2 is 1.81 bits per heavy atom. The molecule has 0 radical (unpaired) electrons. The summed E-state index contributed by atoms with van der Waals surface area (Å²) in [6.45, 7) is 1.77. The van der Waals surface area contributed by atoms with E-state index >= 15 is 0 Å².